The van der Waals surface area contributed by atoms with E-state index in [1.807, 2.05) is 30.3 Å². The highest BCUT2D eigenvalue weighted by atomic mass is 35.5. The second kappa shape index (κ2) is 7.42. The third-order valence-electron chi connectivity index (χ3n) is 5.07. The van der Waals surface area contributed by atoms with Crippen LogP contribution in [0.5, 0.6) is 0 Å². The van der Waals surface area contributed by atoms with Crippen LogP contribution >= 0.6 is 23.2 Å². The van der Waals surface area contributed by atoms with Crippen LogP contribution in [0.4, 0.5) is 0 Å². The molecule has 140 valence electrons. The average molecular weight is 411 g/mol. The molecular formula is C23H16Cl2O3. The number of rotatable bonds is 4. The van der Waals surface area contributed by atoms with Crippen LogP contribution in [0.1, 0.15) is 33.8 Å². The van der Waals surface area contributed by atoms with Gasteiger partial charge in [0.05, 0.1) is 11.4 Å². The molecule has 0 unspecified atom stereocenters. The van der Waals surface area contributed by atoms with E-state index in [-0.39, 0.29) is 12.2 Å². The number of benzene rings is 3. The number of cyclic esters (lactones) is 1. The smallest absolute Gasteiger partial charge is 0.307 e. The molecule has 1 saturated heterocycles. The summed E-state index contributed by atoms with van der Waals surface area (Å²) in [5, 5.41) is 0.659. The van der Waals surface area contributed by atoms with E-state index in [0.717, 1.165) is 5.56 Å². The minimum atomic E-state index is -1.58. The molecule has 0 radical (unpaired) electrons. The summed E-state index contributed by atoms with van der Waals surface area (Å²) in [6.07, 6.45) is 0.0748. The Hall–Kier alpha value is -2.62. The Bertz CT molecular complexity index is 1050. The zero-order chi connectivity index (χ0) is 19.7. The highest BCUT2D eigenvalue weighted by Gasteiger charge is 2.57. The van der Waals surface area contributed by atoms with Crippen molar-refractivity contribution in [2.45, 2.75) is 17.9 Å². The van der Waals surface area contributed by atoms with Crippen LogP contribution in [-0.2, 0) is 15.1 Å². The number of esters is 1. The molecule has 1 aliphatic heterocycles. The van der Waals surface area contributed by atoms with Crippen molar-refractivity contribution in [3.05, 3.63) is 106 Å². The largest absolute Gasteiger partial charge is 0.445 e. The zero-order valence-electron chi connectivity index (χ0n) is 14.8. The van der Waals surface area contributed by atoms with Gasteiger partial charge in [-0.2, -0.15) is 0 Å². The summed E-state index contributed by atoms with van der Waals surface area (Å²) in [5.41, 5.74) is -0.00317. The fourth-order valence-electron chi connectivity index (χ4n) is 3.82. The first-order chi connectivity index (χ1) is 13.5. The molecule has 1 heterocycles. The average Bonchev–Trinajstić information content (AvgIpc) is 3.07. The number of carbonyl (C=O) groups excluding carboxylic acids is 2. The molecule has 2 atom stereocenters. The van der Waals surface area contributed by atoms with Crippen molar-refractivity contribution in [1.29, 1.82) is 0 Å². The highest BCUT2D eigenvalue weighted by molar-refractivity contribution is 6.35. The van der Waals surface area contributed by atoms with Gasteiger partial charge in [-0.15, -0.1) is 0 Å². The first-order valence-electron chi connectivity index (χ1n) is 8.85. The van der Waals surface area contributed by atoms with Crippen LogP contribution in [-0.4, -0.2) is 11.8 Å². The first kappa shape index (κ1) is 18.7. The van der Waals surface area contributed by atoms with E-state index in [2.05, 4.69) is 0 Å². The van der Waals surface area contributed by atoms with Gasteiger partial charge in [0.2, 0.25) is 11.4 Å². The Morgan fingerprint density at radius 1 is 0.857 bits per heavy atom. The summed E-state index contributed by atoms with van der Waals surface area (Å²) in [6.45, 7) is 0. The van der Waals surface area contributed by atoms with Crippen LogP contribution in [0.3, 0.4) is 0 Å². The van der Waals surface area contributed by atoms with Crippen molar-refractivity contribution in [3.63, 3.8) is 0 Å². The molecule has 0 spiro atoms. The quantitative estimate of drug-likeness (QED) is 0.403. The van der Waals surface area contributed by atoms with Gasteiger partial charge in [-0.1, -0.05) is 83.9 Å². The lowest BCUT2D eigenvalue weighted by Crippen LogP contribution is -2.41. The van der Waals surface area contributed by atoms with Crippen molar-refractivity contribution in [2.75, 3.05) is 0 Å². The van der Waals surface area contributed by atoms with E-state index in [9.17, 15) is 9.59 Å². The Morgan fingerprint density at radius 2 is 1.46 bits per heavy atom. The molecule has 1 aliphatic rings. The van der Waals surface area contributed by atoms with Gasteiger partial charge in [-0.25, -0.2) is 0 Å². The lowest BCUT2D eigenvalue weighted by molar-refractivity contribution is -0.146. The molecule has 0 N–H and O–H groups in total. The van der Waals surface area contributed by atoms with Crippen LogP contribution in [0.15, 0.2) is 78.9 Å². The first-order valence-corrected chi connectivity index (χ1v) is 9.60. The number of carbonyl (C=O) groups is 2. The van der Waals surface area contributed by atoms with Gasteiger partial charge < -0.3 is 4.74 Å². The normalized spacial score (nSPS) is 21.4. The van der Waals surface area contributed by atoms with Gasteiger partial charge in [0.25, 0.3) is 0 Å². The van der Waals surface area contributed by atoms with E-state index in [1.165, 1.54) is 0 Å². The van der Waals surface area contributed by atoms with Gasteiger partial charge in [0.15, 0.2) is 0 Å². The van der Waals surface area contributed by atoms with Gasteiger partial charge in [0, 0.05) is 22.1 Å². The molecule has 3 nitrogen and oxygen atoms in total. The van der Waals surface area contributed by atoms with E-state index >= 15 is 0 Å². The number of ketones is 1. The number of hydrogen-bond acceptors (Lipinski definition) is 3. The fraction of sp³-hybridized carbons (Fsp3) is 0.130. The summed E-state index contributed by atoms with van der Waals surface area (Å²) in [4.78, 5) is 26.3. The maximum absolute atomic E-state index is 13.9. The third kappa shape index (κ3) is 3.01. The van der Waals surface area contributed by atoms with E-state index in [0.29, 0.717) is 21.2 Å². The summed E-state index contributed by atoms with van der Waals surface area (Å²) in [7, 11) is 0. The summed E-state index contributed by atoms with van der Waals surface area (Å²) >= 11 is 12.8. The van der Waals surface area contributed by atoms with Crippen molar-refractivity contribution < 1.29 is 14.3 Å². The molecule has 28 heavy (non-hydrogen) atoms. The molecule has 1 fully saturated rings. The zero-order valence-corrected chi connectivity index (χ0v) is 16.3. The Balaban J connectivity index is 1.99. The number of ether oxygens (including phenoxy) is 1. The van der Waals surface area contributed by atoms with Crippen LogP contribution in [0.2, 0.25) is 10.0 Å². The molecule has 4 rings (SSSR count). The summed E-state index contributed by atoms with van der Waals surface area (Å²) < 4.78 is 5.82. The number of hydrogen-bond donors (Lipinski definition) is 0. The molecular weight excluding hydrogens is 395 g/mol. The maximum atomic E-state index is 13.9. The number of Topliss-reactive ketones (excluding diaryl/α,β-unsaturated/α-hetero) is 1. The second-order valence-corrected chi connectivity index (χ2v) is 7.48. The molecule has 0 aromatic heterocycles. The molecule has 5 heteroatoms. The molecule has 0 saturated carbocycles. The standard InChI is InChI=1S/C23H16Cl2O3/c24-19-12-6-4-10-16(19)22(27)23(17-11-5-7-13-20(17)25)18(14-21(26)28-23)15-8-2-1-3-9-15/h1-13,18H,14H2/t18-,23+/m0/s1. The van der Waals surface area contributed by atoms with Gasteiger partial charge in [-0.3, -0.25) is 9.59 Å². The van der Waals surface area contributed by atoms with E-state index in [4.69, 9.17) is 27.9 Å². The summed E-state index contributed by atoms with van der Waals surface area (Å²) in [5.74, 6) is -1.36. The van der Waals surface area contributed by atoms with Gasteiger partial charge in [0.1, 0.15) is 0 Å². The lowest BCUT2D eigenvalue weighted by atomic mass is 9.73. The van der Waals surface area contributed by atoms with Gasteiger partial charge >= 0.3 is 5.97 Å². The van der Waals surface area contributed by atoms with E-state index < -0.39 is 17.5 Å². The molecule has 0 amide bonds. The number of halogens is 2. The Morgan fingerprint density at radius 3 is 2.14 bits per heavy atom. The minimum Gasteiger partial charge on any atom is -0.445 e. The monoisotopic (exact) mass is 410 g/mol. The second-order valence-electron chi connectivity index (χ2n) is 6.67. The topological polar surface area (TPSA) is 43.4 Å². The predicted octanol–water partition coefficient (Wildman–Crippen LogP) is 5.80. The van der Waals surface area contributed by atoms with Crippen LogP contribution < -0.4 is 0 Å². The van der Waals surface area contributed by atoms with Crippen molar-refractivity contribution >= 4 is 35.0 Å². The van der Waals surface area contributed by atoms with Crippen molar-refractivity contribution in [1.82, 2.24) is 0 Å². The summed E-state index contributed by atoms with van der Waals surface area (Å²) in [6, 6.07) is 23.1. The molecule has 0 aliphatic carbocycles. The lowest BCUT2D eigenvalue weighted by Gasteiger charge is -2.33. The highest BCUT2D eigenvalue weighted by Crippen LogP contribution is 2.51. The van der Waals surface area contributed by atoms with Crippen LogP contribution in [0, 0.1) is 0 Å². The van der Waals surface area contributed by atoms with Crippen molar-refractivity contribution in [3.8, 4) is 0 Å². The van der Waals surface area contributed by atoms with Crippen molar-refractivity contribution in [2.24, 2.45) is 0 Å². The Kier molecular flexibility index (Phi) is 4.96. The Labute approximate surface area is 172 Å². The fourth-order valence-corrected chi connectivity index (χ4v) is 4.32. The SMILES string of the molecule is O=C1C[C@@H](c2ccccc2)[C@@](C(=O)c2ccccc2Cl)(c2ccccc2Cl)O1. The predicted molar refractivity (Wildman–Crippen MR) is 109 cm³/mol. The third-order valence-corrected chi connectivity index (χ3v) is 5.73. The molecule has 3 aromatic rings. The minimum absolute atomic E-state index is 0.0748. The maximum Gasteiger partial charge on any atom is 0.307 e. The molecule has 0 bridgehead atoms. The van der Waals surface area contributed by atoms with Crippen LogP contribution in [0.25, 0.3) is 0 Å². The van der Waals surface area contributed by atoms with Gasteiger partial charge in [-0.05, 0) is 23.8 Å². The van der Waals surface area contributed by atoms with E-state index in [1.54, 1.807) is 48.5 Å². The molecule has 3 aromatic carbocycles.